The molecule has 0 saturated carbocycles. The lowest BCUT2D eigenvalue weighted by Crippen LogP contribution is -2.24. The van der Waals surface area contributed by atoms with Gasteiger partial charge in [-0.25, -0.2) is 0 Å². The first-order chi connectivity index (χ1) is 12.3. The second-order valence-corrected chi connectivity index (χ2v) is 6.81. The molecular formula is C22H21N3. The maximum Gasteiger partial charge on any atom is 0.0950 e. The summed E-state index contributed by atoms with van der Waals surface area (Å²) in [6, 6.07) is 26.3. The van der Waals surface area contributed by atoms with Crippen LogP contribution in [0.5, 0.6) is 0 Å². The summed E-state index contributed by atoms with van der Waals surface area (Å²) in [6.07, 6.45) is 1.12. The van der Waals surface area contributed by atoms with Gasteiger partial charge in [0.1, 0.15) is 0 Å². The van der Waals surface area contributed by atoms with Crippen molar-refractivity contribution in [3.63, 3.8) is 0 Å². The summed E-state index contributed by atoms with van der Waals surface area (Å²) in [5.41, 5.74) is 7.88. The molecule has 0 radical (unpaired) electrons. The van der Waals surface area contributed by atoms with Crippen LogP contribution in [0.25, 0.3) is 0 Å². The first kappa shape index (κ1) is 14.4. The van der Waals surface area contributed by atoms with Gasteiger partial charge < -0.3 is 14.7 Å². The smallest absolute Gasteiger partial charge is 0.0950 e. The van der Waals surface area contributed by atoms with Gasteiger partial charge in [-0.1, -0.05) is 36.4 Å². The number of nitrogens with zero attached hydrogens (tertiary/aromatic N) is 3. The summed E-state index contributed by atoms with van der Waals surface area (Å²) in [5, 5.41) is 0. The average Bonchev–Trinajstić information content (AvgIpc) is 3.24. The van der Waals surface area contributed by atoms with Crippen LogP contribution in [0.15, 0.2) is 72.8 Å². The summed E-state index contributed by atoms with van der Waals surface area (Å²) in [7, 11) is 2.15. The van der Waals surface area contributed by atoms with Crippen molar-refractivity contribution >= 4 is 28.4 Å². The third kappa shape index (κ3) is 2.27. The predicted molar refractivity (Wildman–Crippen MR) is 105 cm³/mol. The topological polar surface area (TPSA) is 9.72 Å². The molecule has 25 heavy (non-hydrogen) atoms. The number of rotatable bonds is 2. The average molecular weight is 327 g/mol. The number of hydrogen-bond acceptors (Lipinski definition) is 3. The number of hydrogen-bond donors (Lipinski definition) is 0. The molecular weight excluding hydrogens is 306 g/mol. The Morgan fingerprint density at radius 1 is 0.680 bits per heavy atom. The minimum Gasteiger partial charge on any atom is -0.355 e. The van der Waals surface area contributed by atoms with Crippen LogP contribution in [0.1, 0.15) is 5.56 Å². The molecule has 0 spiro atoms. The molecule has 5 rings (SSSR count). The van der Waals surface area contributed by atoms with Gasteiger partial charge in [-0.2, -0.15) is 0 Å². The second kappa shape index (κ2) is 5.55. The van der Waals surface area contributed by atoms with Crippen molar-refractivity contribution in [2.45, 2.75) is 6.42 Å². The molecule has 3 aromatic carbocycles. The van der Waals surface area contributed by atoms with Gasteiger partial charge in [-0.3, -0.25) is 0 Å². The van der Waals surface area contributed by atoms with Crippen LogP contribution >= 0.6 is 0 Å². The first-order valence-corrected chi connectivity index (χ1v) is 8.84. The Morgan fingerprint density at radius 3 is 2.20 bits per heavy atom. The zero-order valence-electron chi connectivity index (χ0n) is 14.4. The Balaban J connectivity index is 1.53. The van der Waals surface area contributed by atoms with E-state index < -0.39 is 0 Å². The molecule has 3 heteroatoms. The monoisotopic (exact) mass is 327 g/mol. The normalized spacial score (nSPS) is 15.5. The van der Waals surface area contributed by atoms with E-state index in [0.29, 0.717) is 0 Å². The molecule has 0 atom stereocenters. The molecule has 0 fully saturated rings. The molecule has 124 valence electrons. The molecule has 3 aromatic rings. The fourth-order valence-electron chi connectivity index (χ4n) is 4.04. The molecule has 0 bridgehead atoms. The Morgan fingerprint density at radius 2 is 1.36 bits per heavy atom. The lowest BCUT2D eigenvalue weighted by molar-refractivity contribution is 0.947. The third-order valence-electron chi connectivity index (χ3n) is 5.28. The van der Waals surface area contributed by atoms with E-state index in [9.17, 15) is 0 Å². The van der Waals surface area contributed by atoms with Crippen LogP contribution in [0, 0.1) is 0 Å². The Kier molecular flexibility index (Phi) is 3.20. The van der Waals surface area contributed by atoms with Crippen LogP contribution in [-0.4, -0.2) is 20.3 Å². The van der Waals surface area contributed by atoms with Crippen molar-refractivity contribution in [1.29, 1.82) is 0 Å². The highest BCUT2D eigenvalue weighted by molar-refractivity contribution is 5.83. The van der Waals surface area contributed by atoms with Crippen LogP contribution in [0.2, 0.25) is 0 Å². The van der Waals surface area contributed by atoms with Gasteiger partial charge in [0.25, 0.3) is 0 Å². The van der Waals surface area contributed by atoms with Crippen LogP contribution in [-0.2, 0) is 6.42 Å². The zero-order chi connectivity index (χ0) is 16.8. The quantitative estimate of drug-likeness (QED) is 0.661. The maximum atomic E-state index is 2.44. The highest BCUT2D eigenvalue weighted by Gasteiger charge is 2.25. The number of anilines is 5. The van der Waals surface area contributed by atoms with E-state index in [4.69, 9.17) is 0 Å². The summed E-state index contributed by atoms with van der Waals surface area (Å²) in [6.45, 7) is 1.94. The Labute approximate surface area is 148 Å². The van der Waals surface area contributed by atoms with Crippen LogP contribution in [0.3, 0.4) is 0 Å². The van der Waals surface area contributed by atoms with Gasteiger partial charge in [0.05, 0.1) is 18.0 Å². The van der Waals surface area contributed by atoms with Crippen LogP contribution < -0.4 is 14.7 Å². The Bertz CT molecular complexity index is 934. The van der Waals surface area contributed by atoms with Gasteiger partial charge in [-0.05, 0) is 48.4 Å². The van der Waals surface area contributed by atoms with Gasteiger partial charge >= 0.3 is 0 Å². The van der Waals surface area contributed by atoms with E-state index >= 15 is 0 Å². The van der Waals surface area contributed by atoms with E-state index in [1.807, 2.05) is 0 Å². The largest absolute Gasteiger partial charge is 0.355 e. The standard InChI is InChI=1S/C22H21N3/c1-23-16-25(22-12-5-4-11-21(22)23)19-9-6-8-18(15-19)24-14-13-17-7-2-3-10-20(17)24/h2-12,15H,13-14,16H2,1H3. The summed E-state index contributed by atoms with van der Waals surface area (Å²) in [5.74, 6) is 0. The van der Waals surface area contributed by atoms with E-state index in [1.54, 1.807) is 0 Å². The van der Waals surface area contributed by atoms with Crippen molar-refractivity contribution in [2.24, 2.45) is 0 Å². The highest BCUT2D eigenvalue weighted by Crippen LogP contribution is 2.41. The van der Waals surface area contributed by atoms with Crippen molar-refractivity contribution < 1.29 is 0 Å². The second-order valence-electron chi connectivity index (χ2n) is 6.81. The molecule has 0 saturated heterocycles. The molecule has 0 aliphatic carbocycles. The molecule has 2 aliphatic rings. The summed E-state index contributed by atoms with van der Waals surface area (Å²) >= 11 is 0. The summed E-state index contributed by atoms with van der Waals surface area (Å²) < 4.78 is 0. The maximum absolute atomic E-state index is 2.44. The van der Waals surface area contributed by atoms with Crippen molar-refractivity contribution in [3.05, 3.63) is 78.4 Å². The van der Waals surface area contributed by atoms with E-state index in [1.165, 1.54) is 34.0 Å². The Hall–Kier alpha value is -2.94. The minimum absolute atomic E-state index is 0.888. The summed E-state index contributed by atoms with van der Waals surface area (Å²) in [4.78, 5) is 7.12. The predicted octanol–water partition coefficient (Wildman–Crippen LogP) is 4.93. The molecule has 0 amide bonds. The van der Waals surface area contributed by atoms with Gasteiger partial charge in [-0.15, -0.1) is 0 Å². The van der Waals surface area contributed by atoms with E-state index in [-0.39, 0.29) is 0 Å². The molecule has 3 nitrogen and oxygen atoms in total. The van der Waals surface area contributed by atoms with Crippen LogP contribution in [0.4, 0.5) is 28.4 Å². The van der Waals surface area contributed by atoms with Gasteiger partial charge in [0.15, 0.2) is 0 Å². The minimum atomic E-state index is 0.888. The highest BCUT2D eigenvalue weighted by atomic mass is 15.4. The van der Waals surface area contributed by atoms with Crippen molar-refractivity contribution in [2.75, 3.05) is 35.0 Å². The fourth-order valence-corrected chi connectivity index (χ4v) is 4.04. The van der Waals surface area contributed by atoms with Crippen molar-refractivity contribution in [3.8, 4) is 0 Å². The zero-order valence-corrected chi connectivity index (χ0v) is 14.4. The lowest BCUT2D eigenvalue weighted by Gasteiger charge is -2.24. The molecule has 0 unspecified atom stereocenters. The fraction of sp³-hybridized carbons (Fsp3) is 0.182. The van der Waals surface area contributed by atoms with Gasteiger partial charge in [0.2, 0.25) is 0 Å². The van der Waals surface area contributed by atoms with E-state index in [2.05, 4.69) is 94.5 Å². The SMILES string of the molecule is CN1CN(c2cccc(N3CCc4ccccc43)c2)c2ccccc21. The third-order valence-corrected chi connectivity index (χ3v) is 5.28. The number of fused-ring (bicyclic) bond motifs is 2. The van der Waals surface area contributed by atoms with Gasteiger partial charge in [0, 0.05) is 30.7 Å². The molecule has 2 aliphatic heterocycles. The molecule has 0 aromatic heterocycles. The lowest BCUT2D eigenvalue weighted by atomic mass is 10.1. The number of para-hydroxylation sites is 3. The van der Waals surface area contributed by atoms with Crippen molar-refractivity contribution in [1.82, 2.24) is 0 Å². The molecule has 0 N–H and O–H groups in total. The number of benzene rings is 3. The molecule has 2 heterocycles. The van der Waals surface area contributed by atoms with E-state index in [0.717, 1.165) is 19.6 Å². The first-order valence-electron chi connectivity index (χ1n) is 8.84.